The topological polar surface area (TPSA) is 88.6 Å². The molecule has 0 saturated carbocycles. The van der Waals surface area contributed by atoms with Crippen molar-refractivity contribution in [1.82, 2.24) is 10.3 Å². The predicted molar refractivity (Wildman–Crippen MR) is 95.7 cm³/mol. The number of esters is 1. The molecule has 1 aromatic heterocycles. The quantitative estimate of drug-likeness (QED) is 0.642. The van der Waals surface area contributed by atoms with Crippen LogP contribution >= 0.6 is 0 Å². The van der Waals surface area contributed by atoms with Crippen molar-refractivity contribution in [1.29, 1.82) is 0 Å². The molecule has 7 heteroatoms. The fourth-order valence-corrected chi connectivity index (χ4v) is 3.51. The van der Waals surface area contributed by atoms with E-state index in [-0.39, 0.29) is 11.8 Å². The van der Waals surface area contributed by atoms with Gasteiger partial charge >= 0.3 is 5.97 Å². The largest absolute Gasteiger partial charge is 0.456 e. The zero-order chi connectivity index (χ0) is 18.9. The Morgan fingerprint density at radius 3 is 2.69 bits per heavy atom. The summed E-state index contributed by atoms with van der Waals surface area (Å²) in [7, 11) is 0. The van der Waals surface area contributed by atoms with E-state index in [2.05, 4.69) is 10.3 Å². The second-order valence-electron chi connectivity index (χ2n) is 8.09. The third kappa shape index (κ3) is 3.86. The Kier molecular flexibility index (Phi) is 4.73. The van der Waals surface area contributed by atoms with E-state index >= 15 is 0 Å². The molecule has 0 radical (unpaired) electrons. The SMILES string of the molecule is CC(C)(C)OC(=O)c1ccc(N2CCC3(CCCC(=O)NC3=O)C2)nc1. The van der Waals surface area contributed by atoms with Gasteiger partial charge in [0.05, 0.1) is 11.0 Å². The Morgan fingerprint density at radius 1 is 1.27 bits per heavy atom. The first-order valence-electron chi connectivity index (χ1n) is 8.97. The van der Waals surface area contributed by atoms with E-state index in [0.717, 1.165) is 12.2 Å². The predicted octanol–water partition coefficient (Wildman–Crippen LogP) is 2.06. The summed E-state index contributed by atoms with van der Waals surface area (Å²) in [6.45, 7) is 6.68. The van der Waals surface area contributed by atoms with Gasteiger partial charge in [-0.05, 0) is 52.2 Å². The molecule has 7 nitrogen and oxygen atoms in total. The van der Waals surface area contributed by atoms with Crippen molar-refractivity contribution >= 4 is 23.6 Å². The van der Waals surface area contributed by atoms with Gasteiger partial charge in [0.2, 0.25) is 11.8 Å². The average Bonchev–Trinajstić information content (AvgIpc) is 2.93. The molecular weight excluding hydrogens is 334 g/mol. The Hall–Kier alpha value is -2.44. The summed E-state index contributed by atoms with van der Waals surface area (Å²) in [5, 5.41) is 2.51. The van der Waals surface area contributed by atoms with Crippen LogP contribution in [-0.2, 0) is 14.3 Å². The summed E-state index contributed by atoms with van der Waals surface area (Å²) in [4.78, 5) is 42.5. The summed E-state index contributed by atoms with van der Waals surface area (Å²) >= 11 is 0. The fraction of sp³-hybridized carbons (Fsp3) is 0.579. The Bertz CT molecular complexity index is 723. The third-order valence-electron chi connectivity index (χ3n) is 4.85. The van der Waals surface area contributed by atoms with E-state index in [1.807, 2.05) is 25.7 Å². The highest BCUT2D eigenvalue weighted by molar-refractivity contribution is 5.99. The van der Waals surface area contributed by atoms with Crippen LogP contribution in [0.25, 0.3) is 0 Å². The van der Waals surface area contributed by atoms with Crippen molar-refractivity contribution in [3.8, 4) is 0 Å². The summed E-state index contributed by atoms with van der Waals surface area (Å²) in [6.07, 6.45) is 4.02. The number of hydrogen-bond acceptors (Lipinski definition) is 6. The van der Waals surface area contributed by atoms with Crippen LogP contribution in [0.3, 0.4) is 0 Å². The van der Waals surface area contributed by atoms with E-state index in [1.54, 1.807) is 12.1 Å². The van der Waals surface area contributed by atoms with Gasteiger partial charge in [0.25, 0.3) is 0 Å². The highest BCUT2D eigenvalue weighted by Gasteiger charge is 2.46. The summed E-state index contributed by atoms with van der Waals surface area (Å²) in [5.41, 5.74) is -0.686. The molecule has 1 N–H and O–H groups in total. The van der Waals surface area contributed by atoms with Gasteiger partial charge in [-0.25, -0.2) is 9.78 Å². The average molecular weight is 359 g/mol. The van der Waals surface area contributed by atoms with E-state index < -0.39 is 17.0 Å². The van der Waals surface area contributed by atoms with Crippen LogP contribution in [0.2, 0.25) is 0 Å². The number of carbonyl (C=O) groups is 3. The smallest absolute Gasteiger partial charge is 0.340 e. The van der Waals surface area contributed by atoms with Gasteiger partial charge in [0.15, 0.2) is 0 Å². The Labute approximate surface area is 153 Å². The number of pyridine rings is 1. The van der Waals surface area contributed by atoms with E-state index in [4.69, 9.17) is 4.74 Å². The first kappa shape index (κ1) is 18.4. The highest BCUT2D eigenvalue weighted by atomic mass is 16.6. The molecule has 2 aliphatic rings. The van der Waals surface area contributed by atoms with E-state index in [0.29, 0.717) is 37.9 Å². The molecule has 1 atom stereocenters. The maximum Gasteiger partial charge on any atom is 0.340 e. The van der Waals surface area contributed by atoms with Gasteiger partial charge in [-0.2, -0.15) is 0 Å². The van der Waals surface area contributed by atoms with Crippen LogP contribution in [-0.4, -0.2) is 41.5 Å². The normalized spacial score (nSPS) is 23.7. The minimum atomic E-state index is -0.554. The van der Waals surface area contributed by atoms with E-state index in [9.17, 15) is 14.4 Å². The number of nitrogens with zero attached hydrogens (tertiary/aromatic N) is 2. The maximum absolute atomic E-state index is 12.5. The molecule has 2 aliphatic heterocycles. The van der Waals surface area contributed by atoms with Gasteiger partial charge in [0, 0.05) is 25.7 Å². The number of amides is 2. The van der Waals surface area contributed by atoms with Crippen molar-refractivity contribution in [3.63, 3.8) is 0 Å². The van der Waals surface area contributed by atoms with Crippen LogP contribution in [0.4, 0.5) is 5.82 Å². The first-order chi connectivity index (χ1) is 12.2. The monoisotopic (exact) mass is 359 g/mol. The van der Waals surface area contributed by atoms with Crippen molar-refractivity contribution < 1.29 is 19.1 Å². The lowest BCUT2D eigenvalue weighted by Gasteiger charge is -2.26. The van der Waals surface area contributed by atoms with E-state index in [1.165, 1.54) is 6.20 Å². The summed E-state index contributed by atoms with van der Waals surface area (Å²) < 4.78 is 5.34. The number of hydrogen-bond donors (Lipinski definition) is 1. The van der Waals surface area contributed by atoms with Crippen molar-refractivity contribution in [3.05, 3.63) is 23.9 Å². The van der Waals surface area contributed by atoms with Crippen molar-refractivity contribution in [2.24, 2.45) is 5.41 Å². The number of rotatable bonds is 2. The number of ether oxygens (including phenoxy) is 1. The molecule has 26 heavy (non-hydrogen) atoms. The Balaban J connectivity index is 1.70. The molecule has 140 valence electrons. The molecule has 1 spiro atoms. The van der Waals surface area contributed by atoms with Crippen LogP contribution in [0, 0.1) is 5.41 Å². The molecule has 0 bridgehead atoms. The highest BCUT2D eigenvalue weighted by Crippen LogP contribution is 2.38. The van der Waals surface area contributed by atoms with Gasteiger partial charge in [-0.3, -0.25) is 14.9 Å². The minimum absolute atomic E-state index is 0.173. The number of anilines is 1. The molecule has 1 aromatic rings. The van der Waals surface area contributed by atoms with Gasteiger partial charge in [-0.1, -0.05) is 0 Å². The molecular formula is C19H25N3O4. The molecule has 0 aromatic carbocycles. The molecule has 3 rings (SSSR count). The molecule has 2 saturated heterocycles. The lowest BCUT2D eigenvalue weighted by Crippen LogP contribution is -2.43. The number of nitrogens with one attached hydrogen (secondary N) is 1. The van der Waals surface area contributed by atoms with Gasteiger partial charge < -0.3 is 9.64 Å². The van der Waals surface area contributed by atoms with Crippen LogP contribution < -0.4 is 10.2 Å². The summed E-state index contributed by atoms with van der Waals surface area (Å²) in [5.74, 6) is -0.0494. The summed E-state index contributed by atoms with van der Waals surface area (Å²) in [6, 6.07) is 3.47. The van der Waals surface area contributed by atoms with Crippen LogP contribution in [0.1, 0.15) is 56.8 Å². The Morgan fingerprint density at radius 2 is 2.04 bits per heavy atom. The maximum atomic E-state index is 12.5. The molecule has 2 amide bonds. The number of imide groups is 1. The molecule has 2 fully saturated rings. The minimum Gasteiger partial charge on any atom is -0.456 e. The second-order valence-corrected chi connectivity index (χ2v) is 8.09. The number of carbonyl (C=O) groups excluding carboxylic acids is 3. The molecule has 3 heterocycles. The number of aromatic nitrogens is 1. The third-order valence-corrected chi connectivity index (χ3v) is 4.85. The second kappa shape index (κ2) is 6.70. The van der Waals surface area contributed by atoms with Crippen molar-refractivity contribution in [2.45, 2.75) is 52.1 Å². The van der Waals surface area contributed by atoms with Crippen LogP contribution in [0.5, 0.6) is 0 Å². The molecule has 0 aliphatic carbocycles. The molecule has 1 unspecified atom stereocenters. The van der Waals surface area contributed by atoms with Crippen molar-refractivity contribution in [2.75, 3.05) is 18.0 Å². The standard InChI is InChI=1S/C19H25N3O4/c1-18(2,3)26-16(24)13-6-7-14(20-11-13)22-10-9-19(12-22)8-4-5-15(23)21-17(19)25/h6-7,11H,4-5,8-10,12H2,1-3H3,(H,21,23,25). The van der Waals surface area contributed by atoms with Gasteiger partial charge in [-0.15, -0.1) is 0 Å². The first-order valence-corrected chi connectivity index (χ1v) is 8.97. The van der Waals surface area contributed by atoms with Gasteiger partial charge in [0.1, 0.15) is 11.4 Å². The zero-order valence-corrected chi connectivity index (χ0v) is 15.5. The fourth-order valence-electron chi connectivity index (χ4n) is 3.51. The lowest BCUT2D eigenvalue weighted by atomic mass is 9.82. The van der Waals surface area contributed by atoms with Crippen LogP contribution in [0.15, 0.2) is 18.3 Å². The zero-order valence-electron chi connectivity index (χ0n) is 15.5. The lowest BCUT2D eigenvalue weighted by molar-refractivity contribution is -0.134.